The van der Waals surface area contributed by atoms with E-state index in [0.717, 1.165) is 12.8 Å². The molecule has 0 spiro atoms. The average molecular weight is 258 g/mol. The first-order chi connectivity index (χ1) is 9.13. The Bertz CT molecular complexity index is 417. The molecule has 104 valence electrons. The molecule has 1 aliphatic rings. The summed E-state index contributed by atoms with van der Waals surface area (Å²) >= 11 is 0. The third kappa shape index (κ3) is 2.76. The second-order valence-corrected chi connectivity index (χ2v) is 5.73. The second-order valence-electron chi connectivity index (χ2n) is 5.73. The molecule has 1 nitrogen and oxygen atoms in total. The smallest absolute Gasteiger partial charge is 0.0713 e. The van der Waals surface area contributed by atoms with Crippen molar-refractivity contribution in [3.05, 3.63) is 42.0 Å². The molecule has 3 atom stereocenters. The van der Waals surface area contributed by atoms with E-state index in [0.29, 0.717) is 17.9 Å². The monoisotopic (exact) mass is 258 g/mol. The lowest BCUT2D eigenvalue weighted by Crippen LogP contribution is -2.33. The van der Waals surface area contributed by atoms with Gasteiger partial charge in [0.25, 0.3) is 0 Å². The van der Waals surface area contributed by atoms with Gasteiger partial charge in [0.2, 0.25) is 0 Å². The maximum Gasteiger partial charge on any atom is 0.0713 e. The van der Waals surface area contributed by atoms with Gasteiger partial charge < -0.3 is 4.74 Å². The highest BCUT2D eigenvalue weighted by Gasteiger charge is 2.47. The molecule has 0 amide bonds. The zero-order valence-electron chi connectivity index (χ0n) is 12.6. The van der Waals surface area contributed by atoms with Gasteiger partial charge in [-0.2, -0.15) is 0 Å². The molecular formula is C18H26O. The number of rotatable bonds is 4. The summed E-state index contributed by atoms with van der Waals surface area (Å²) in [5, 5.41) is 0. The minimum atomic E-state index is 0.0745. The molecule has 0 saturated carbocycles. The van der Waals surface area contributed by atoms with Crippen LogP contribution in [0.2, 0.25) is 0 Å². The quantitative estimate of drug-likeness (QED) is 0.744. The molecule has 19 heavy (non-hydrogen) atoms. The summed E-state index contributed by atoms with van der Waals surface area (Å²) in [6, 6.07) is 10.5. The Labute approximate surface area is 117 Å². The lowest BCUT2D eigenvalue weighted by molar-refractivity contribution is -0.0556. The van der Waals surface area contributed by atoms with E-state index in [2.05, 4.69) is 70.2 Å². The minimum Gasteiger partial charge on any atom is -0.371 e. The van der Waals surface area contributed by atoms with E-state index in [-0.39, 0.29) is 5.60 Å². The molecule has 0 unspecified atom stereocenters. The SMILES string of the molecule is CCC1(CC)O[C@@H](C)[C@@H](/C=C/c2ccccc2)[C@H]1C. The first kappa shape index (κ1) is 14.3. The molecule has 0 bridgehead atoms. The molecule has 0 radical (unpaired) electrons. The summed E-state index contributed by atoms with van der Waals surface area (Å²) in [5.74, 6) is 1.09. The van der Waals surface area contributed by atoms with Crippen LogP contribution in [-0.4, -0.2) is 11.7 Å². The number of hydrogen-bond donors (Lipinski definition) is 0. The highest BCUT2D eigenvalue weighted by atomic mass is 16.5. The minimum absolute atomic E-state index is 0.0745. The molecule has 1 heteroatoms. The predicted octanol–water partition coefficient (Wildman–Crippen LogP) is 4.93. The van der Waals surface area contributed by atoms with E-state index in [1.165, 1.54) is 5.56 Å². The predicted molar refractivity (Wildman–Crippen MR) is 82.0 cm³/mol. The Hall–Kier alpha value is -1.08. The van der Waals surface area contributed by atoms with Crippen molar-refractivity contribution in [1.82, 2.24) is 0 Å². The van der Waals surface area contributed by atoms with E-state index in [9.17, 15) is 0 Å². The fourth-order valence-corrected chi connectivity index (χ4v) is 3.48. The van der Waals surface area contributed by atoms with Crippen molar-refractivity contribution in [2.45, 2.75) is 52.2 Å². The molecule has 1 aromatic carbocycles. The fraction of sp³-hybridized carbons (Fsp3) is 0.556. The van der Waals surface area contributed by atoms with Gasteiger partial charge in [-0.1, -0.05) is 63.3 Å². The van der Waals surface area contributed by atoms with Crippen LogP contribution in [0.3, 0.4) is 0 Å². The maximum atomic E-state index is 6.31. The molecule has 2 rings (SSSR count). The zero-order chi connectivity index (χ0) is 13.9. The van der Waals surface area contributed by atoms with E-state index in [1.54, 1.807) is 0 Å². The standard InChI is InChI=1S/C18H26O/c1-5-18(6-2)14(3)17(15(4)19-18)13-12-16-10-8-7-9-11-16/h7-15,17H,5-6H2,1-4H3/b13-12+/t14-,15+,17+/m1/s1. The van der Waals surface area contributed by atoms with Gasteiger partial charge in [-0.05, 0) is 31.2 Å². The maximum absolute atomic E-state index is 6.31. The van der Waals surface area contributed by atoms with Crippen LogP contribution in [0, 0.1) is 11.8 Å². The molecule has 1 aliphatic heterocycles. The third-order valence-corrected chi connectivity index (χ3v) is 4.88. The fourth-order valence-electron chi connectivity index (χ4n) is 3.48. The molecule has 0 aromatic heterocycles. The molecule has 1 heterocycles. The van der Waals surface area contributed by atoms with Crippen LogP contribution < -0.4 is 0 Å². The van der Waals surface area contributed by atoms with Gasteiger partial charge in [-0.3, -0.25) is 0 Å². The van der Waals surface area contributed by atoms with E-state index in [1.807, 2.05) is 0 Å². The van der Waals surface area contributed by atoms with Crippen LogP contribution in [0.4, 0.5) is 0 Å². The van der Waals surface area contributed by atoms with Gasteiger partial charge in [-0.25, -0.2) is 0 Å². The Balaban J connectivity index is 2.15. The summed E-state index contributed by atoms with van der Waals surface area (Å²) in [4.78, 5) is 0. The van der Waals surface area contributed by atoms with Crippen LogP contribution in [0.1, 0.15) is 46.1 Å². The van der Waals surface area contributed by atoms with Crippen molar-refractivity contribution in [2.75, 3.05) is 0 Å². The van der Waals surface area contributed by atoms with Crippen LogP contribution in [-0.2, 0) is 4.74 Å². The summed E-state index contributed by atoms with van der Waals surface area (Å²) in [7, 11) is 0. The first-order valence-electron chi connectivity index (χ1n) is 7.54. The molecular weight excluding hydrogens is 232 g/mol. The summed E-state index contributed by atoms with van der Waals surface area (Å²) in [6.45, 7) is 9.05. The lowest BCUT2D eigenvalue weighted by atomic mass is 9.77. The van der Waals surface area contributed by atoms with Crippen molar-refractivity contribution >= 4 is 6.08 Å². The van der Waals surface area contributed by atoms with E-state index in [4.69, 9.17) is 4.74 Å². The largest absolute Gasteiger partial charge is 0.371 e. The Morgan fingerprint density at radius 3 is 2.26 bits per heavy atom. The molecule has 1 aromatic rings. The average Bonchev–Trinajstić information content (AvgIpc) is 2.69. The second kappa shape index (κ2) is 5.92. The number of hydrogen-bond acceptors (Lipinski definition) is 1. The Morgan fingerprint density at radius 1 is 1.11 bits per heavy atom. The molecule has 0 N–H and O–H groups in total. The topological polar surface area (TPSA) is 9.23 Å². The number of benzene rings is 1. The van der Waals surface area contributed by atoms with E-state index < -0.39 is 0 Å². The van der Waals surface area contributed by atoms with Crippen LogP contribution in [0.5, 0.6) is 0 Å². The van der Waals surface area contributed by atoms with Crippen LogP contribution >= 0.6 is 0 Å². The Kier molecular flexibility index (Phi) is 4.46. The van der Waals surface area contributed by atoms with Crippen molar-refractivity contribution in [1.29, 1.82) is 0 Å². The summed E-state index contributed by atoms with van der Waals surface area (Å²) in [5.41, 5.74) is 1.35. The van der Waals surface area contributed by atoms with Gasteiger partial charge in [0.15, 0.2) is 0 Å². The third-order valence-electron chi connectivity index (χ3n) is 4.88. The van der Waals surface area contributed by atoms with Crippen molar-refractivity contribution in [3.63, 3.8) is 0 Å². The van der Waals surface area contributed by atoms with Crippen LogP contribution in [0.25, 0.3) is 6.08 Å². The number of ether oxygens (including phenoxy) is 1. The van der Waals surface area contributed by atoms with Crippen molar-refractivity contribution < 1.29 is 4.74 Å². The highest BCUT2D eigenvalue weighted by Crippen LogP contribution is 2.45. The summed E-state index contributed by atoms with van der Waals surface area (Å²) < 4.78 is 6.31. The van der Waals surface area contributed by atoms with Gasteiger partial charge in [0.05, 0.1) is 11.7 Å². The molecule has 1 fully saturated rings. The van der Waals surface area contributed by atoms with Gasteiger partial charge in [-0.15, -0.1) is 0 Å². The molecule has 1 saturated heterocycles. The summed E-state index contributed by atoms with van der Waals surface area (Å²) in [6.07, 6.45) is 7.10. The van der Waals surface area contributed by atoms with E-state index >= 15 is 0 Å². The van der Waals surface area contributed by atoms with Crippen molar-refractivity contribution in [3.8, 4) is 0 Å². The molecule has 0 aliphatic carbocycles. The van der Waals surface area contributed by atoms with Crippen LogP contribution in [0.15, 0.2) is 36.4 Å². The van der Waals surface area contributed by atoms with Gasteiger partial charge in [0.1, 0.15) is 0 Å². The van der Waals surface area contributed by atoms with Gasteiger partial charge >= 0.3 is 0 Å². The lowest BCUT2D eigenvalue weighted by Gasteiger charge is -2.31. The Morgan fingerprint density at radius 2 is 1.74 bits per heavy atom. The van der Waals surface area contributed by atoms with Crippen molar-refractivity contribution in [2.24, 2.45) is 11.8 Å². The van der Waals surface area contributed by atoms with Gasteiger partial charge in [0, 0.05) is 5.92 Å². The first-order valence-corrected chi connectivity index (χ1v) is 7.54. The highest BCUT2D eigenvalue weighted by molar-refractivity contribution is 5.49. The normalized spacial score (nSPS) is 30.0. The zero-order valence-corrected chi connectivity index (χ0v) is 12.6.